The molecule has 1 fully saturated rings. The standard InChI is InChI=1S/C16H30N4/c1-5-20-13-18-11-15(20)10-17-12-16(19(3)4)8-6-7-14(2)9-16/h11,13-14,17H,5-10,12H2,1-4H3. The molecule has 0 bridgehead atoms. The number of imidazole rings is 1. The van der Waals surface area contributed by atoms with Crippen LogP contribution < -0.4 is 5.32 Å². The van der Waals surface area contributed by atoms with Crippen molar-refractivity contribution in [3.8, 4) is 0 Å². The maximum Gasteiger partial charge on any atom is 0.0948 e. The Morgan fingerprint density at radius 2 is 2.30 bits per heavy atom. The van der Waals surface area contributed by atoms with Gasteiger partial charge in [0.15, 0.2) is 0 Å². The fraction of sp³-hybridized carbons (Fsp3) is 0.812. The first-order chi connectivity index (χ1) is 9.57. The minimum Gasteiger partial charge on any atom is -0.334 e. The third kappa shape index (κ3) is 3.41. The molecule has 4 nitrogen and oxygen atoms in total. The first kappa shape index (κ1) is 15.5. The highest BCUT2D eigenvalue weighted by molar-refractivity contribution is 5.00. The van der Waals surface area contributed by atoms with Gasteiger partial charge in [-0.1, -0.05) is 19.8 Å². The minimum absolute atomic E-state index is 0.328. The highest BCUT2D eigenvalue weighted by atomic mass is 15.2. The van der Waals surface area contributed by atoms with Gasteiger partial charge in [0.05, 0.1) is 12.0 Å². The predicted octanol–water partition coefficient (Wildman–Crippen LogP) is 2.50. The van der Waals surface area contributed by atoms with E-state index in [0.717, 1.165) is 25.6 Å². The van der Waals surface area contributed by atoms with Crippen LogP contribution in [0, 0.1) is 5.92 Å². The summed E-state index contributed by atoms with van der Waals surface area (Å²) in [5, 5.41) is 3.67. The molecule has 1 aliphatic carbocycles. The Bertz CT molecular complexity index is 412. The highest BCUT2D eigenvalue weighted by Crippen LogP contribution is 2.35. The number of nitrogens with zero attached hydrogens (tertiary/aromatic N) is 3. The van der Waals surface area contributed by atoms with Gasteiger partial charge in [-0.15, -0.1) is 0 Å². The molecule has 1 heterocycles. The molecule has 0 spiro atoms. The van der Waals surface area contributed by atoms with Crippen molar-refractivity contribution >= 4 is 0 Å². The van der Waals surface area contributed by atoms with Crippen molar-refractivity contribution in [3.05, 3.63) is 18.2 Å². The lowest BCUT2D eigenvalue weighted by molar-refractivity contribution is 0.0748. The largest absolute Gasteiger partial charge is 0.334 e. The lowest BCUT2D eigenvalue weighted by Crippen LogP contribution is -2.54. The fourth-order valence-electron chi connectivity index (χ4n) is 3.56. The molecule has 1 aromatic rings. The zero-order valence-electron chi connectivity index (χ0n) is 13.5. The van der Waals surface area contributed by atoms with Gasteiger partial charge in [0, 0.05) is 31.4 Å². The summed E-state index contributed by atoms with van der Waals surface area (Å²) in [4.78, 5) is 6.67. The number of rotatable bonds is 6. The third-order valence-corrected chi connectivity index (χ3v) is 4.92. The van der Waals surface area contributed by atoms with Crippen molar-refractivity contribution in [1.82, 2.24) is 19.8 Å². The van der Waals surface area contributed by atoms with Crippen molar-refractivity contribution < 1.29 is 0 Å². The SMILES string of the molecule is CCn1cncc1CNCC1(N(C)C)CCCC(C)C1. The molecule has 1 N–H and O–H groups in total. The molecular weight excluding hydrogens is 248 g/mol. The molecule has 20 heavy (non-hydrogen) atoms. The molecule has 1 aromatic heterocycles. The van der Waals surface area contributed by atoms with Crippen molar-refractivity contribution in [2.24, 2.45) is 5.92 Å². The fourth-order valence-corrected chi connectivity index (χ4v) is 3.56. The quantitative estimate of drug-likeness (QED) is 0.868. The third-order valence-electron chi connectivity index (χ3n) is 4.92. The smallest absolute Gasteiger partial charge is 0.0948 e. The van der Waals surface area contributed by atoms with E-state index in [1.807, 2.05) is 12.5 Å². The van der Waals surface area contributed by atoms with Gasteiger partial charge in [0.2, 0.25) is 0 Å². The normalized spacial score (nSPS) is 27.1. The molecule has 0 radical (unpaired) electrons. The Kier molecular flexibility index (Phi) is 5.22. The zero-order valence-corrected chi connectivity index (χ0v) is 13.5. The molecule has 0 aliphatic heterocycles. The first-order valence-corrected chi connectivity index (χ1v) is 7.94. The van der Waals surface area contributed by atoms with Gasteiger partial charge in [-0.2, -0.15) is 0 Å². The Balaban J connectivity index is 1.93. The second-order valence-electron chi connectivity index (χ2n) is 6.59. The summed E-state index contributed by atoms with van der Waals surface area (Å²) in [6.07, 6.45) is 9.25. The molecule has 0 amide bonds. The van der Waals surface area contributed by atoms with Crippen LogP contribution in [0.25, 0.3) is 0 Å². The topological polar surface area (TPSA) is 33.1 Å². The minimum atomic E-state index is 0.328. The van der Waals surface area contributed by atoms with Gasteiger partial charge in [-0.05, 0) is 39.8 Å². The number of hydrogen-bond donors (Lipinski definition) is 1. The van der Waals surface area contributed by atoms with Crippen LogP contribution in [0.15, 0.2) is 12.5 Å². The van der Waals surface area contributed by atoms with E-state index in [0.29, 0.717) is 5.54 Å². The van der Waals surface area contributed by atoms with Gasteiger partial charge in [-0.3, -0.25) is 0 Å². The summed E-state index contributed by atoms with van der Waals surface area (Å²) in [5.74, 6) is 0.842. The summed E-state index contributed by atoms with van der Waals surface area (Å²) in [6, 6.07) is 0. The average molecular weight is 278 g/mol. The zero-order chi connectivity index (χ0) is 14.6. The van der Waals surface area contributed by atoms with E-state index >= 15 is 0 Å². The Morgan fingerprint density at radius 1 is 1.50 bits per heavy atom. The summed E-state index contributed by atoms with van der Waals surface area (Å²) < 4.78 is 2.21. The molecule has 0 saturated heterocycles. The van der Waals surface area contributed by atoms with E-state index < -0.39 is 0 Å². The van der Waals surface area contributed by atoms with Gasteiger partial charge in [-0.25, -0.2) is 4.98 Å². The summed E-state index contributed by atoms with van der Waals surface area (Å²) in [6.45, 7) is 7.53. The van der Waals surface area contributed by atoms with E-state index in [1.54, 1.807) is 0 Å². The van der Waals surface area contributed by atoms with Crippen LogP contribution in [0.3, 0.4) is 0 Å². The number of likely N-dealkylation sites (N-methyl/N-ethyl adjacent to an activating group) is 1. The van der Waals surface area contributed by atoms with E-state index in [2.05, 4.69) is 47.7 Å². The van der Waals surface area contributed by atoms with Crippen LogP contribution in [0.4, 0.5) is 0 Å². The van der Waals surface area contributed by atoms with Crippen LogP contribution in [-0.2, 0) is 13.1 Å². The lowest BCUT2D eigenvalue weighted by Gasteiger charge is -2.45. The number of hydrogen-bond acceptors (Lipinski definition) is 3. The van der Waals surface area contributed by atoms with Gasteiger partial charge in [0.25, 0.3) is 0 Å². The summed E-state index contributed by atoms with van der Waals surface area (Å²) in [5.41, 5.74) is 1.61. The second-order valence-corrected chi connectivity index (χ2v) is 6.59. The Hall–Kier alpha value is -0.870. The molecular formula is C16H30N4. The van der Waals surface area contributed by atoms with E-state index in [9.17, 15) is 0 Å². The van der Waals surface area contributed by atoms with Crippen molar-refractivity contribution in [3.63, 3.8) is 0 Å². The van der Waals surface area contributed by atoms with Crippen LogP contribution in [-0.4, -0.2) is 40.6 Å². The van der Waals surface area contributed by atoms with E-state index in [1.165, 1.54) is 31.4 Å². The molecule has 4 heteroatoms. The molecule has 1 saturated carbocycles. The first-order valence-electron chi connectivity index (χ1n) is 7.94. The summed E-state index contributed by atoms with van der Waals surface area (Å²) in [7, 11) is 4.46. The van der Waals surface area contributed by atoms with Crippen LogP contribution in [0.5, 0.6) is 0 Å². The Labute approximate surface area is 123 Å². The molecule has 0 aromatic carbocycles. The molecule has 2 rings (SSSR count). The summed E-state index contributed by atoms with van der Waals surface area (Å²) >= 11 is 0. The molecule has 1 aliphatic rings. The van der Waals surface area contributed by atoms with Crippen LogP contribution in [0.1, 0.15) is 45.2 Å². The maximum absolute atomic E-state index is 4.24. The average Bonchev–Trinajstić information content (AvgIpc) is 2.86. The van der Waals surface area contributed by atoms with Crippen LogP contribution in [0.2, 0.25) is 0 Å². The van der Waals surface area contributed by atoms with Crippen molar-refractivity contribution in [1.29, 1.82) is 0 Å². The Morgan fingerprint density at radius 3 is 2.95 bits per heavy atom. The second kappa shape index (κ2) is 6.72. The van der Waals surface area contributed by atoms with Gasteiger partial charge >= 0.3 is 0 Å². The van der Waals surface area contributed by atoms with Crippen molar-refractivity contribution in [2.45, 2.75) is 58.2 Å². The predicted molar refractivity (Wildman–Crippen MR) is 83.7 cm³/mol. The number of aryl methyl sites for hydroxylation is 1. The molecule has 2 atom stereocenters. The van der Waals surface area contributed by atoms with E-state index in [-0.39, 0.29) is 0 Å². The van der Waals surface area contributed by atoms with Gasteiger partial charge < -0.3 is 14.8 Å². The molecule has 2 unspecified atom stereocenters. The monoisotopic (exact) mass is 278 g/mol. The maximum atomic E-state index is 4.24. The van der Waals surface area contributed by atoms with Crippen molar-refractivity contribution in [2.75, 3.05) is 20.6 Å². The molecule has 114 valence electrons. The van der Waals surface area contributed by atoms with Gasteiger partial charge in [0.1, 0.15) is 0 Å². The number of nitrogens with one attached hydrogen (secondary N) is 1. The lowest BCUT2D eigenvalue weighted by atomic mass is 9.75. The highest BCUT2D eigenvalue weighted by Gasteiger charge is 2.36. The number of aromatic nitrogens is 2. The van der Waals surface area contributed by atoms with E-state index in [4.69, 9.17) is 0 Å². The van der Waals surface area contributed by atoms with Crippen LogP contribution >= 0.6 is 0 Å².